The van der Waals surface area contributed by atoms with Gasteiger partial charge in [-0.25, -0.2) is 4.98 Å². The summed E-state index contributed by atoms with van der Waals surface area (Å²) in [6.45, 7) is 2.51. The van der Waals surface area contributed by atoms with Crippen molar-refractivity contribution in [2.75, 3.05) is 43.6 Å². The maximum absolute atomic E-state index is 12.7. The summed E-state index contributed by atoms with van der Waals surface area (Å²) in [5.41, 5.74) is -3.08. The molecule has 2 aromatic rings. The van der Waals surface area contributed by atoms with E-state index in [0.717, 1.165) is 25.3 Å². The summed E-state index contributed by atoms with van der Waals surface area (Å²) in [4.78, 5) is 30.4. The second-order valence-electron chi connectivity index (χ2n) is 7.65. The van der Waals surface area contributed by atoms with Gasteiger partial charge in [-0.2, -0.15) is 0 Å². The number of anilines is 2. The van der Waals surface area contributed by atoms with Crippen molar-refractivity contribution in [1.29, 1.82) is 0 Å². The molecule has 184 valence electrons. The zero-order valence-corrected chi connectivity index (χ0v) is 20.7. The average molecular weight is 562 g/mol. The lowest BCUT2D eigenvalue weighted by molar-refractivity contribution is -0.121. The lowest BCUT2D eigenvalue weighted by Crippen LogP contribution is -2.24. The first kappa shape index (κ1) is 26.1. The lowest BCUT2D eigenvalue weighted by atomic mass is 10.1. The summed E-state index contributed by atoms with van der Waals surface area (Å²) < 4.78 is 35.9. The number of nitrogens with one attached hydrogen (secondary N) is 2. The van der Waals surface area contributed by atoms with E-state index in [0.29, 0.717) is 41.3 Å². The molecule has 1 atom stereocenters. The highest BCUT2D eigenvalue weighted by atomic mass is 79.9. The van der Waals surface area contributed by atoms with Gasteiger partial charge in [-0.1, -0.05) is 0 Å². The molecule has 1 aromatic heterocycles. The minimum absolute atomic E-state index is 0.0488. The van der Waals surface area contributed by atoms with Crippen molar-refractivity contribution in [3.8, 4) is 5.75 Å². The molecule has 1 aromatic carbocycles. The highest BCUT2D eigenvalue weighted by Gasteiger charge is 2.28. The summed E-state index contributed by atoms with van der Waals surface area (Å²) in [5, 5.41) is 5.24. The van der Waals surface area contributed by atoms with Crippen LogP contribution in [0.4, 0.5) is 20.3 Å². The van der Waals surface area contributed by atoms with Crippen molar-refractivity contribution >= 4 is 50.9 Å². The van der Waals surface area contributed by atoms with Crippen LogP contribution in [0.5, 0.6) is 5.75 Å². The fourth-order valence-electron chi connectivity index (χ4n) is 3.43. The minimum atomic E-state index is -3.81. The van der Waals surface area contributed by atoms with Crippen LogP contribution >= 0.6 is 27.5 Å². The molecular formula is C22H24BrClF2N4O4. The number of carbonyl (C=O) groups excluding carboxylic acids is 2. The fraction of sp³-hybridized carbons (Fsp3) is 0.409. The van der Waals surface area contributed by atoms with Gasteiger partial charge >= 0.3 is 5.57 Å². The SMILES string of the molecule is CNC(=O)CCOCC1CCN(c2ncc(C(=O)Nc3ccc(OC(F)(F)Cl)cc3)cc2Br)C1. The van der Waals surface area contributed by atoms with Crippen LogP contribution in [0.3, 0.4) is 0 Å². The predicted octanol–water partition coefficient (Wildman–Crippen LogP) is 4.24. The van der Waals surface area contributed by atoms with Crippen LogP contribution in [0.1, 0.15) is 23.2 Å². The molecule has 1 aliphatic heterocycles. The number of ether oxygens (including phenoxy) is 2. The van der Waals surface area contributed by atoms with E-state index in [1.165, 1.54) is 30.5 Å². The molecular weight excluding hydrogens is 538 g/mol. The zero-order valence-electron chi connectivity index (χ0n) is 18.3. The number of carbonyl (C=O) groups is 2. The van der Waals surface area contributed by atoms with Crippen LogP contribution in [0.25, 0.3) is 0 Å². The van der Waals surface area contributed by atoms with Crippen LogP contribution in [-0.2, 0) is 9.53 Å². The fourth-order valence-corrected chi connectivity index (χ4v) is 4.12. The van der Waals surface area contributed by atoms with E-state index in [2.05, 4.69) is 41.2 Å². The van der Waals surface area contributed by atoms with Crippen molar-refractivity contribution in [2.45, 2.75) is 18.4 Å². The molecule has 1 saturated heterocycles. The van der Waals surface area contributed by atoms with E-state index in [9.17, 15) is 18.4 Å². The van der Waals surface area contributed by atoms with Crippen molar-refractivity contribution in [3.05, 3.63) is 46.6 Å². The smallest absolute Gasteiger partial charge is 0.420 e. The Bertz CT molecular complexity index is 1010. The average Bonchev–Trinajstić information content (AvgIpc) is 3.25. The Hall–Kier alpha value is -2.50. The van der Waals surface area contributed by atoms with Gasteiger partial charge in [-0.05, 0) is 52.7 Å². The van der Waals surface area contributed by atoms with Crippen LogP contribution < -0.4 is 20.3 Å². The number of amides is 2. The molecule has 1 fully saturated rings. The molecule has 0 radical (unpaired) electrons. The van der Waals surface area contributed by atoms with Crippen molar-refractivity contribution < 1.29 is 27.8 Å². The number of hydrogen-bond donors (Lipinski definition) is 2. The standard InChI is InChI=1S/C22H24BrClF2N4O4/c1-27-19(31)7-9-33-13-14-6-8-30(12-14)20-18(23)10-15(11-28-20)21(32)29-16-2-4-17(5-3-16)34-22(24,25)26/h2-5,10-11,14H,6-9,12-13H2,1H3,(H,27,31)(H,29,32). The molecule has 0 aliphatic carbocycles. The minimum Gasteiger partial charge on any atom is -0.420 e. The molecule has 34 heavy (non-hydrogen) atoms. The van der Waals surface area contributed by atoms with Gasteiger partial charge in [0.1, 0.15) is 11.6 Å². The molecule has 2 amide bonds. The van der Waals surface area contributed by atoms with E-state index in [1.807, 2.05) is 0 Å². The molecule has 0 bridgehead atoms. The molecule has 1 unspecified atom stereocenters. The summed E-state index contributed by atoms with van der Waals surface area (Å²) >= 11 is 8.23. The molecule has 1 aliphatic rings. The summed E-state index contributed by atoms with van der Waals surface area (Å²) in [7, 11) is 1.60. The number of nitrogens with zero attached hydrogens (tertiary/aromatic N) is 2. The second kappa shape index (κ2) is 11.8. The van der Waals surface area contributed by atoms with Gasteiger partial charge in [-0.15, -0.1) is 8.78 Å². The van der Waals surface area contributed by atoms with Crippen molar-refractivity contribution in [1.82, 2.24) is 10.3 Å². The maximum Gasteiger partial charge on any atom is 0.487 e. The van der Waals surface area contributed by atoms with Gasteiger partial charge in [0.2, 0.25) is 5.91 Å². The zero-order chi connectivity index (χ0) is 24.7. The third kappa shape index (κ3) is 7.78. The third-order valence-electron chi connectivity index (χ3n) is 5.12. The van der Waals surface area contributed by atoms with Crippen molar-refractivity contribution in [2.24, 2.45) is 5.92 Å². The summed E-state index contributed by atoms with van der Waals surface area (Å²) in [5.74, 6) is 0.472. The first-order valence-electron chi connectivity index (χ1n) is 10.5. The van der Waals surface area contributed by atoms with Gasteiger partial charge in [0.15, 0.2) is 0 Å². The van der Waals surface area contributed by atoms with Crippen molar-refractivity contribution in [3.63, 3.8) is 0 Å². The number of aromatic nitrogens is 1. The van der Waals surface area contributed by atoms with Crippen LogP contribution in [-0.4, -0.2) is 55.7 Å². The third-order valence-corrected chi connectivity index (χ3v) is 5.78. The number of pyridine rings is 1. The normalized spacial score (nSPS) is 15.8. The second-order valence-corrected chi connectivity index (χ2v) is 8.95. The van der Waals surface area contributed by atoms with E-state index >= 15 is 0 Å². The van der Waals surface area contributed by atoms with Gasteiger partial charge in [0.05, 0.1) is 23.2 Å². The summed E-state index contributed by atoms with van der Waals surface area (Å²) in [6.07, 6.45) is 2.75. The molecule has 0 saturated carbocycles. The Balaban J connectivity index is 1.52. The summed E-state index contributed by atoms with van der Waals surface area (Å²) in [6, 6.07) is 7.07. The molecule has 12 heteroatoms. The Morgan fingerprint density at radius 1 is 1.32 bits per heavy atom. The Morgan fingerprint density at radius 3 is 2.71 bits per heavy atom. The van der Waals surface area contributed by atoms with Gasteiger partial charge in [0.25, 0.3) is 5.91 Å². The van der Waals surface area contributed by atoms with E-state index in [-0.39, 0.29) is 11.7 Å². The topological polar surface area (TPSA) is 92.8 Å². The van der Waals surface area contributed by atoms with E-state index in [1.54, 1.807) is 13.1 Å². The number of hydrogen-bond acceptors (Lipinski definition) is 6. The Kier molecular flexibility index (Phi) is 9.03. The molecule has 2 N–H and O–H groups in total. The molecule has 3 rings (SSSR count). The van der Waals surface area contributed by atoms with Crippen LogP contribution in [0.15, 0.2) is 41.0 Å². The van der Waals surface area contributed by atoms with Gasteiger partial charge < -0.3 is 25.0 Å². The monoisotopic (exact) mass is 560 g/mol. The molecule has 0 spiro atoms. The lowest BCUT2D eigenvalue weighted by Gasteiger charge is -2.19. The van der Waals surface area contributed by atoms with Gasteiger partial charge in [-0.3, -0.25) is 9.59 Å². The van der Waals surface area contributed by atoms with E-state index < -0.39 is 11.5 Å². The van der Waals surface area contributed by atoms with E-state index in [4.69, 9.17) is 16.3 Å². The number of rotatable bonds is 10. The number of alkyl halides is 3. The Labute approximate surface area is 209 Å². The number of halogens is 4. The predicted molar refractivity (Wildman–Crippen MR) is 128 cm³/mol. The number of benzene rings is 1. The Morgan fingerprint density at radius 2 is 2.06 bits per heavy atom. The molecule has 8 nitrogen and oxygen atoms in total. The molecule has 2 heterocycles. The quantitative estimate of drug-likeness (QED) is 0.333. The highest BCUT2D eigenvalue weighted by Crippen LogP contribution is 2.30. The highest BCUT2D eigenvalue weighted by molar-refractivity contribution is 9.10. The van der Waals surface area contributed by atoms with Gasteiger partial charge in [0, 0.05) is 56.0 Å². The first-order valence-corrected chi connectivity index (χ1v) is 11.7. The maximum atomic E-state index is 12.7. The van der Waals surface area contributed by atoms with Crippen LogP contribution in [0.2, 0.25) is 0 Å². The largest absolute Gasteiger partial charge is 0.487 e. The first-order chi connectivity index (χ1) is 16.1. The van der Waals surface area contributed by atoms with Crippen LogP contribution in [0, 0.1) is 5.92 Å².